The highest BCUT2D eigenvalue weighted by atomic mass is 19.3. The Morgan fingerprint density at radius 1 is 1.31 bits per heavy atom. The minimum absolute atomic E-state index is 0.339. The zero-order valence-corrected chi connectivity index (χ0v) is 8.32. The van der Waals surface area contributed by atoms with Crippen LogP contribution in [0.15, 0.2) is 11.7 Å². The summed E-state index contributed by atoms with van der Waals surface area (Å²) in [5.41, 5.74) is 0.339. The fourth-order valence-corrected chi connectivity index (χ4v) is 1.65. The first-order valence-corrected chi connectivity index (χ1v) is 4.88. The van der Waals surface area contributed by atoms with Crippen molar-refractivity contribution in [1.29, 1.82) is 0 Å². The molecule has 1 saturated heterocycles. The van der Waals surface area contributed by atoms with Gasteiger partial charge in [0.05, 0.1) is 0 Å². The Morgan fingerprint density at radius 3 is 2.54 bits per heavy atom. The third-order valence-electron chi connectivity index (χ3n) is 2.57. The lowest BCUT2D eigenvalue weighted by atomic mass is 10.1. The lowest BCUT2D eigenvalue weighted by Crippen LogP contribution is -2.32. The first-order chi connectivity index (χ1) is 6.11. The molecule has 76 valence electrons. The molecule has 0 aromatic rings. The van der Waals surface area contributed by atoms with E-state index in [2.05, 4.69) is 18.7 Å². The van der Waals surface area contributed by atoms with Crippen molar-refractivity contribution in [3.8, 4) is 0 Å². The molecule has 0 aromatic carbocycles. The van der Waals surface area contributed by atoms with Gasteiger partial charge >= 0.3 is 0 Å². The predicted molar refractivity (Wildman–Crippen MR) is 49.8 cm³/mol. The van der Waals surface area contributed by atoms with Gasteiger partial charge in [-0.3, -0.25) is 4.90 Å². The summed E-state index contributed by atoms with van der Waals surface area (Å²) in [4.78, 5) is 2.11. The van der Waals surface area contributed by atoms with E-state index in [9.17, 15) is 8.78 Å². The number of rotatable bonds is 1. The van der Waals surface area contributed by atoms with Gasteiger partial charge in [0.25, 0.3) is 6.08 Å². The molecule has 0 saturated carbocycles. The normalized spacial score (nSPS) is 20.5. The van der Waals surface area contributed by atoms with E-state index in [-0.39, 0.29) is 0 Å². The fourth-order valence-electron chi connectivity index (χ4n) is 1.65. The molecule has 1 aliphatic rings. The van der Waals surface area contributed by atoms with E-state index in [0.717, 1.165) is 19.4 Å². The standard InChI is InChI=1S/C10H17F2N/c1-8(2)13-6-4-3-5-9(7-13)10(11)12/h8H,3-7H2,1-2H3. The average molecular weight is 189 g/mol. The Balaban J connectivity index is 2.66. The minimum Gasteiger partial charge on any atom is -0.297 e. The Hall–Kier alpha value is -0.440. The van der Waals surface area contributed by atoms with Gasteiger partial charge < -0.3 is 0 Å². The molecular formula is C10H17F2N. The van der Waals surface area contributed by atoms with Crippen molar-refractivity contribution in [1.82, 2.24) is 4.90 Å². The molecule has 0 bridgehead atoms. The topological polar surface area (TPSA) is 3.24 Å². The van der Waals surface area contributed by atoms with Gasteiger partial charge in [-0.1, -0.05) is 0 Å². The molecule has 1 heterocycles. The highest BCUT2D eigenvalue weighted by molar-refractivity contribution is 5.06. The molecule has 0 unspecified atom stereocenters. The van der Waals surface area contributed by atoms with Crippen LogP contribution in [0.2, 0.25) is 0 Å². The molecule has 0 aliphatic carbocycles. The van der Waals surface area contributed by atoms with Crippen LogP contribution < -0.4 is 0 Å². The second-order valence-electron chi connectivity index (χ2n) is 3.89. The van der Waals surface area contributed by atoms with Gasteiger partial charge in [0.15, 0.2) is 0 Å². The summed E-state index contributed by atoms with van der Waals surface area (Å²) in [6, 6.07) is 0.368. The molecular weight excluding hydrogens is 172 g/mol. The van der Waals surface area contributed by atoms with Gasteiger partial charge in [0.2, 0.25) is 0 Å². The monoisotopic (exact) mass is 189 g/mol. The number of hydrogen-bond donors (Lipinski definition) is 0. The van der Waals surface area contributed by atoms with Crippen LogP contribution in [-0.4, -0.2) is 24.0 Å². The Labute approximate surface area is 78.4 Å². The van der Waals surface area contributed by atoms with Gasteiger partial charge in [0.1, 0.15) is 0 Å². The zero-order chi connectivity index (χ0) is 9.84. The van der Waals surface area contributed by atoms with Crippen LogP contribution in [0.4, 0.5) is 8.78 Å². The van der Waals surface area contributed by atoms with Gasteiger partial charge in [-0.05, 0) is 39.7 Å². The number of nitrogens with zero attached hydrogens (tertiary/aromatic N) is 1. The first-order valence-electron chi connectivity index (χ1n) is 4.88. The van der Waals surface area contributed by atoms with E-state index in [4.69, 9.17) is 0 Å². The molecule has 0 amide bonds. The summed E-state index contributed by atoms with van der Waals surface area (Å²) >= 11 is 0. The summed E-state index contributed by atoms with van der Waals surface area (Å²) in [5.74, 6) is 0. The van der Waals surface area contributed by atoms with Crippen LogP contribution in [0, 0.1) is 0 Å². The minimum atomic E-state index is -1.47. The summed E-state index contributed by atoms with van der Waals surface area (Å²) < 4.78 is 24.8. The molecule has 1 aliphatic heterocycles. The number of hydrogen-bond acceptors (Lipinski definition) is 1. The third-order valence-corrected chi connectivity index (χ3v) is 2.57. The maximum Gasteiger partial charge on any atom is 0.270 e. The van der Waals surface area contributed by atoms with E-state index in [0.29, 0.717) is 24.6 Å². The highest BCUT2D eigenvalue weighted by Crippen LogP contribution is 2.21. The average Bonchev–Trinajstić information content (AvgIpc) is 2.28. The number of likely N-dealkylation sites (tertiary alicyclic amines) is 1. The molecule has 0 atom stereocenters. The van der Waals surface area contributed by atoms with Crippen molar-refractivity contribution in [2.45, 2.75) is 39.2 Å². The lowest BCUT2D eigenvalue weighted by Gasteiger charge is -2.24. The van der Waals surface area contributed by atoms with Crippen molar-refractivity contribution < 1.29 is 8.78 Å². The summed E-state index contributed by atoms with van der Waals surface area (Å²) in [6.07, 6.45) is 1.05. The molecule has 1 fully saturated rings. The summed E-state index contributed by atoms with van der Waals surface area (Å²) in [6.45, 7) is 5.52. The first kappa shape index (κ1) is 10.6. The van der Waals surface area contributed by atoms with E-state index in [1.807, 2.05) is 0 Å². The van der Waals surface area contributed by atoms with E-state index in [1.165, 1.54) is 0 Å². The van der Waals surface area contributed by atoms with Gasteiger partial charge in [0, 0.05) is 18.2 Å². The molecule has 13 heavy (non-hydrogen) atoms. The van der Waals surface area contributed by atoms with E-state index >= 15 is 0 Å². The molecule has 0 aromatic heterocycles. The fraction of sp³-hybridized carbons (Fsp3) is 0.800. The SMILES string of the molecule is CC(C)N1CCCCC(=C(F)F)C1. The maximum absolute atomic E-state index is 12.4. The van der Waals surface area contributed by atoms with Crippen molar-refractivity contribution in [3.05, 3.63) is 11.7 Å². The van der Waals surface area contributed by atoms with Crippen molar-refractivity contribution in [2.75, 3.05) is 13.1 Å². The second kappa shape index (κ2) is 4.70. The van der Waals surface area contributed by atoms with Crippen LogP contribution in [0.1, 0.15) is 33.1 Å². The van der Waals surface area contributed by atoms with Gasteiger partial charge in [-0.2, -0.15) is 8.78 Å². The summed E-state index contributed by atoms with van der Waals surface area (Å²) in [7, 11) is 0. The lowest BCUT2D eigenvalue weighted by molar-refractivity contribution is 0.242. The summed E-state index contributed by atoms with van der Waals surface area (Å²) in [5, 5.41) is 0. The Morgan fingerprint density at radius 2 is 2.00 bits per heavy atom. The quantitative estimate of drug-likeness (QED) is 0.613. The Kier molecular flexibility index (Phi) is 3.85. The molecule has 0 spiro atoms. The molecule has 1 nitrogen and oxygen atoms in total. The highest BCUT2D eigenvalue weighted by Gasteiger charge is 2.17. The molecule has 3 heteroatoms. The van der Waals surface area contributed by atoms with Crippen LogP contribution in [0.25, 0.3) is 0 Å². The smallest absolute Gasteiger partial charge is 0.270 e. The Bertz CT molecular complexity index is 195. The van der Waals surface area contributed by atoms with Gasteiger partial charge in [-0.25, -0.2) is 0 Å². The van der Waals surface area contributed by atoms with Crippen molar-refractivity contribution >= 4 is 0 Å². The van der Waals surface area contributed by atoms with E-state index in [1.54, 1.807) is 0 Å². The molecule has 1 rings (SSSR count). The third kappa shape index (κ3) is 3.07. The van der Waals surface area contributed by atoms with Crippen LogP contribution >= 0.6 is 0 Å². The predicted octanol–water partition coefficient (Wildman–Crippen LogP) is 3.03. The van der Waals surface area contributed by atoms with Crippen LogP contribution in [0.5, 0.6) is 0 Å². The zero-order valence-electron chi connectivity index (χ0n) is 8.32. The van der Waals surface area contributed by atoms with Crippen LogP contribution in [-0.2, 0) is 0 Å². The van der Waals surface area contributed by atoms with Gasteiger partial charge in [-0.15, -0.1) is 0 Å². The van der Waals surface area contributed by atoms with Crippen LogP contribution in [0.3, 0.4) is 0 Å². The van der Waals surface area contributed by atoms with E-state index < -0.39 is 6.08 Å². The molecule has 0 radical (unpaired) electrons. The number of halogens is 2. The van der Waals surface area contributed by atoms with Crippen molar-refractivity contribution in [2.24, 2.45) is 0 Å². The van der Waals surface area contributed by atoms with Crippen molar-refractivity contribution in [3.63, 3.8) is 0 Å². The maximum atomic E-state index is 12.4. The largest absolute Gasteiger partial charge is 0.297 e. The second-order valence-corrected chi connectivity index (χ2v) is 3.89. The molecule has 0 N–H and O–H groups in total.